The third-order valence-corrected chi connectivity index (χ3v) is 2.34. The molecule has 0 aliphatic heterocycles. The fraction of sp³-hybridized carbons (Fsp3) is 0.333. The monoisotopic (exact) mass is 186 g/mol. The molecule has 2 nitrogen and oxygen atoms in total. The Morgan fingerprint density at radius 2 is 1.93 bits per heavy atom. The topological polar surface area (TPSA) is 25.8 Å². The first-order valence-corrected chi connectivity index (χ1v) is 4.78. The molecular formula is C12H14N2. The number of rotatable bonds is 0. The van der Waals surface area contributed by atoms with Gasteiger partial charge in [0, 0.05) is 17.8 Å². The van der Waals surface area contributed by atoms with Crippen molar-refractivity contribution in [3.05, 3.63) is 36.3 Å². The third-order valence-electron chi connectivity index (χ3n) is 2.34. The number of hydrogen-bond donors (Lipinski definition) is 0. The van der Waals surface area contributed by atoms with Gasteiger partial charge in [-0.1, -0.05) is 26.8 Å². The van der Waals surface area contributed by atoms with E-state index in [0.29, 0.717) is 0 Å². The summed E-state index contributed by atoms with van der Waals surface area (Å²) < 4.78 is 0. The molecule has 0 radical (unpaired) electrons. The summed E-state index contributed by atoms with van der Waals surface area (Å²) in [4.78, 5) is 8.51. The van der Waals surface area contributed by atoms with Crippen LogP contribution in [-0.2, 0) is 5.41 Å². The molecule has 0 aliphatic rings. The average Bonchev–Trinajstić information content (AvgIpc) is 2.15. The molecule has 0 saturated carbocycles. The van der Waals surface area contributed by atoms with E-state index < -0.39 is 0 Å². The zero-order valence-corrected chi connectivity index (χ0v) is 8.78. The zero-order valence-electron chi connectivity index (χ0n) is 8.78. The van der Waals surface area contributed by atoms with Crippen LogP contribution < -0.4 is 0 Å². The van der Waals surface area contributed by atoms with Crippen molar-refractivity contribution in [3.8, 4) is 0 Å². The van der Waals surface area contributed by atoms with Gasteiger partial charge < -0.3 is 0 Å². The lowest BCUT2D eigenvalue weighted by Gasteiger charge is -2.20. The maximum absolute atomic E-state index is 4.29. The van der Waals surface area contributed by atoms with Gasteiger partial charge in [-0.2, -0.15) is 0 Å². The molecule has 0 fully saturated rings. The highest BCUT2D eigenvalue weighted by atomic mass is 14.7. The maximum atomic E-state index is 4.29. The van der Waals surface area contributed by atoms with Crippen LogP contribution in [0.15, 0.2) is 30.7 Å². The van der Waals surface area contributed by atoms with Gasteiger partial charge in [0.25, 0.3) is 0 Å². The van der Waals surface area contributed by atoms with Crippen LogP contribution in [0.25, 0.3) is 10.9 Å². The molecule has 0 spiro atoms. The molecule has 2 heterocycles. The number of hydrogen-bond acceptors (Lipinski definition) is 2. The van der Waals surface area contributed by atoms with Gasteiger partial charge in [0.05, 0.1) is 11.7 Å². The third kappa shape index (κ3) is 1.48. The van der Waals surface area contributed by atoms with Gasteiger partial charge in [0.1, 0.15) is 0 Å². The molecule has 0 aromatic carbocycles. The van der Waals surface area contributed by atoms with Crippen LogP contribution in [0.5, 0.6) is 0 Å². The summed E-state index contributed by atoms with van der Waals surface area (Å²) >= 11 is 0. The molecule has 0 unspecified atom stereocenters. The second kappa shape index (κ2) is 3.05. The number of fused-ring (bicyclic) bond motifs is 1. The Bertz CT molecular complexity index is 450. The van der Waals surface area contributed by atoms with Crippen LogP contribution >= 0.6 is 0 Å². The fourth-order valence-electron chi connectivity index (χ4n) is 1.60. The SMILES string of the molecule is CC(C)(C)c1cncc2ncccc12. The lowest BCUT2D eigenvalue weighted by atomic mass is 9.86. The van der Waals surface area contributed by atoms with Crippen LogP contribution in [0, 0.1) is 0 Å². The van der Waals surface area contributed by atoms with E-state index >= 15 is 0 Å². The second-order valence-corrected chi connectivity index (χ2v) is 4.51. The van der Waals surface area contributed by atoms with Crippen molar-refractivity contribution in [1.82, 2.24) is 9.97 Å². The van der Waals surface area contributed by atoms with Crippen LogP contribution in [0.2, 0.25) is 0 Å². The maximum Gasteiger partial charge on any atom is 0.0888 e. The molecule has 0 aliphatic carbocycles. The normalized spacial score (nSPS) is 11.9. The summed E-state index contributed by atoms with van der Waals surface area (Å²) in [6.45, 7) is 6.57. The van der Waals surface area contributed by atoms with Gasteiger partial charge in [-0.15, -0.1) is 0 Å². The van der Waals surface area contributed by atoms with Crippen molar-refractivity contribution in [2.24, 2.45) is 0 Å². The van der Waals surface area contributed by atoms with Gasteiger partial charge in [-0.05, 0) is 17.0 Å². The predicted molar refractivity (Wildman–Crippen MR) is 58.2 cm³/mol. The molecule has 72 valence electrons. The minimum atomic E-state index is 0.121. The molecule has 0 atom stereocenters. The Morgan fingerprint density at radius 3 is 2.64 bits per heavy atom. The van der Waals surface area contributed by atoms with E-state index in [2.05, 4.69) is 36.8 Å². The van der Waals surface area contributed by atoms with Crippen LogP contribution in [0.4, 0.5) is 0 Å². The summed E-state index contributed by atoms with van der Waals surface area (Å²) in [5, 5.41) is 1.20. The van der Waals surface area contributed by atoms with Crippen molar-refractivity contribution < 1.29 is 0 Å². The molecule has 0 bridgehead atoms. The van der Waals surface area contributed by atoms with Crippen molar-refractivity contribution >= 4 is 10.9 Å². The van der Waals surface area contributed by atoms with Crippen molar-refractivity contribution in [2.45, 2.75) is 26.2 Å². The van der Waals surface area contributed by atoms with E-state index in [0.717, 1.165) is 5.52 Å². The van der Waals surface area contributed by atoms with Gasteiger partial charge in [0.15, 0.2) is 0 Å². The van der Waals surface area contributed by atoms with Crippen LogP contribution in [0.3, 0.4) is 0 Å². The minimum Gasteiger partial charge on any atom is -0.262 e. The Morgan fingerprint density at radius 1 is 1.14 bits per heavy atom. The molecule has 14 heavy (non-hydrogen) atoms. The van der Waals surface area contributed by atoms with Gasteiger partial charge in [-0.3, -0.25) is 9.97 Å². The van der Waals surface area contributed by atoms with Gasteiger partial charge in [0.2, 0.25) is 0 Å². The van der Waals surface area contributed by atoms with E-state index in [4.69, 9.17) is 0 Å². The Labute approximate surface area is 84.0 Å². The van der Waals surface area contributed by atoms with Crippen LogP contribution in [-0.4, -0.2) is 9.97 Å². The Hall–Kier alpha value is -1.44. The van der Waals surface area contributed by atoms with Gasteiger partial charge >= 0.3 is 0 Å². The van der Waals surface area contributed by atoms with E-state index in [1.165, 1.54) is 10.9 Å². The standard InChI is InChI=1S/C12H14N2/c1-12(2,3)10-7-13-8-11-9(10)5-4-6-14-11/h4-8H,1-3H3. The van der Waals surface area contributed by atoms with E-state index in [1.807, 2.05) is 18.5 Å². The average molecular weight is 186 g/mol. The molecule has 0 saturated heterocycles. The summed E-state index contributed by atoms with van der Waals surface area (Å²) in [5.74, 6) is 0. The first-order chi connectivity index (χ1) is 6.59. The predicted octanol–water partition coefficient (Wildman–Crippen LogP) is 2.93. The molecule has 2 rings (SSSR count). The summed E-state index contributed by atoms with van der Waals surface area (Å²) in [6.07, 6.45) is 5.55. The highest BCUT2D eigenvalue weighted by Gasteiger charge is 2.16. The molecular weight excluding hydrogens is 172 g/mol. The van der Waals surface area contributed by atoms with E-state index in [1.54, 1.807) is 6.20 Å². The first-order valence-electron chi connectivity index (χ1n) is 4.78. The molecule has 2 aromatic rings. The fourth-order valence-corrected chi connectivity index (χ4v) is 1.60. The lowest BCUT2D eigenvalue weighted by Crippen LogP contribution is -2.12. The van der Waals surface area contributed by atoms with Crippen molar-refractivity contribution in [1.29, 1.82) is 0 Å². The van der Waals surface area contributed by atoms with Crippen molar-refractivity contribution in [2.75, 3.05) is 0 Å². The Balaban J connectivity index is 2.78. The quantitative estimate of drug-likeness (QED) is 0.632. The van der Waals surface area contributed by atoms with E-state index in [9.17, 15) is 0 Å². The first kappa shape index (κ1) is 9.13. The smallest absolute Gasteiger partial charge is 0.0888 e. The van der Waals surface area contributed by atoms with E-state index in [-0.39, 0.29) is 5.41 Å². The number of pyridine rings is 2. The highest BCUT2D eigenvalue weighted by molar-refractivity contribution is 5.81. The summed E-state index contributed by atoms with van der Waals surface area (Å²) in [5.41, 5.74) is 2.35. The molecule has 2 heteroatoms. The summed E-state index contributed by atoms with van der Waals surface area (Å²) in [6, 6.07) is 4.07. The zero-order chi connectivity index (χ0) is 10.2. The lowest BCUT2D eigenvalue weighted by molar-refractivity contribution is 0.593. The number of aromatic nitrogens is 2. The molecule has 0 N–H and O–H groups in total. The molecule has 0 amide bonds. The second-order valence-electron chi connectivity index (χ2n) is 4.51. The Kier molecular flexibility index (Phi) is 1.99. The van der Waals surface area contributed by atoms with Gasteiger partial charge in [-0.25, -0.2) is 0 Å². The number of nitrogens with zero attached hydrogens (tertiary/aromatic N) is 2. The summed E-state index contributed by atoms with van der Waals surface area (Å²) in [7, 11) is 0. The van der Waals surface area contributed by atoms with Crippen LogP contribution in [0.1, 0.15) is 26.3 Å². The minimum absolute atomic E-state index is 0.121. The molecule has 2 aromatic heterocycles. The largest absolute Gasteiger partial charge is 0.262 e. The highest BCUT2D eigenvalue weighted by Crippen LogP contribution is 2.27. The van der Waals surface area contributed by atoms with Crippen molar-refractivity contribution in [3.63, 3.8) is 0 Å².